The lowest BCUT2D eigenvalue weighted by atomic mass is 10.1. The van der Waals surface area contributed by atoms with Crippen LogP contribution in [-0.2, 0) is 4.79 Å². The second-order valence-corrected chi connectivity index (χ2v) is 4.85. The summed E-state index contributed by atoms with van der Waals surface area (Å²) in [5.41, 5.74) is 1.96. The summed E-state index contributed by atoms with van der Waals surface area (Å²) in [6.45, 7) is 4.28. The van der Waals surface area contributed by atoms with E-state index in [1.54, 1.807) is 19.9 Å². The summed E-state index contributed by atoms with van der Waals surface area (Å²) in [6, 6.07) is 2.99. The largest absolute Gasteiger partial charge is 0.324 e. The highest BCUT2D eigenvalue weighted by molar-refractivity contribution is 5.95. The van der Waals surface area contributed by atoms with Crippen molar-refractivity contribution in [2.45, 2.75) is 32.7 Å². The van der Waals surface area contributed by atoms with E-state index in [0.717, 1.165) is 19.4 Å². The van der Waals surface area contributed by atoms with Crippen molar-refractivity contribution >= 4 is 17.3 Å². The van der Waals surface area contributed by atoms with Crippen LogP contribution in [0.5, 0.6) is 0 Å². The van der Waals surface area contributed by atoms with E-state index in [4.69, 9.17) is 0 Å². The molecule has 102 valence electrons. The number of hydrogen-bond donors (Lipinski definition) is 2. The Bertz CT molecular complexity index is 522. The topological polar surface area (TPSA) is 84.3 Å². The number of nitro groups is 1. The molecule has 0 aliphatic carbocycles. The van der Waals surface area contributed by atoms with Crippen LogP contribution in [0.4, 0.5) is 11.4 Å². The van der Waals surface area contributed by atoms with Crippen LogP contribution in [-0.4, -0.2) is 23.4 Å². The summed E-state index contributed by atoms with van der Waals surface area (Å²) >= 11 is 0. The first-order chi connectivity index (χ1) is 8.99. The fraction of sp³-hybridized carbons (Fsp3) is 0.462. The van der Waals surface area contributed by atoms with Gasteiger partial charge in [0, 0.05) is 17.3 Å². The predicted molar refractivity (Wildman–Crippen MR) is 72.2 cm³/mol. The quantitative estimate of drug-likeness (QED) is 0.644. The third-order valence-electron chi connectivity index (χ3n) is 3.37. The van der Waals surface area contributed by atoms with Crippen molar-refractivity contribution in [3.8, 4) is 0 Å². The van der Waals surface area contributed by atoms with Crippen LogP contribution < -0.4 is 10.6 Å². The maximum absolute atomic E-state index is 12.0. The minimum absolute atomic E-state index is 0.0751. The molecular formula is C13H17N3O3. The van der Waals surface area contributed by atoms with E-state index in [1.165, 1.54) is 6.07 Å². The zero-order chi connectivity index (χ0) is 14.0. The molecule has 6 heteroatoms. The van der Waals surface area contributed by atoms with Crippen molar-refractivity contribution in [1.29, 1.82) is 0 Å². The van der Waals surface area contributed by atoms with Crippen molar-refractivity contribution in [3.05, 3.63) is 33.4 Å². The Labute approximate surface area is 111 Å². The highest BCUT2D eigenvalue weighted by atomic mass is 16.6. The van der Waals surface area contributed by atoms with Gasteiger partial charge in [0.2, 0.25) is 5.91 Å². The Morgan fingerprint density at radius 2 is 2.16 bits per heavy atom. The van der Waals surface area contributed by atoms with E-state index in [0.29, 0.717) is 16.8 Å². The van der Waals surface area contributed by atoms with E-state index >= 15 is 0 Å². The van der Waals surface area contributed by atoms with Gasteiger partial charge in [0.1, 0.15) is 0 Å². The van der Waals surface area contributed by atoms with Gasteiger partial charge >= 0.3 is 0 Å². The smallest absolute Gasteiger partial charge is 0.272 e. The van der Waals surface area contributed by atoms with Gasteiger partial charge in [-0.3, -0.25) is 14.9 Å². The SMILES string of the molecule is Cc1cc([N+](=O)[O-])c(C)cc1NC(=O)[C@@H]1CCCN1. The van der Waals surface area contributed by atoms with Gasteiger partial charge in [0.15, 0.2) is 0 Å². The molecule has 0 radical (unpaired) electrons. The number of carbonyl (C=O) groups is 1. The zero-order valence-corrected chi connectivity index (χ0v) is 11.0. The second kappa shape index (κ2) is 5.36. The van der Waals surface area contributed by atoms with Crippen molar-refractivity contribution in [2.75, 3.05) is 11.9 Å². The summed E-state index contributed by atoms with van der Waals surface area (Å²) in [6.07, 6.45) is 1.83. The summed E-state index contributed by atoms with van der Waals surface area (Å²) in [5, 5.41) is 16.8. The molecule has 2 rings (SSSR count). The lowest BCUT2D eigenvalue weighted by molar-refractivity contribution is -0.385. The van der Waals surface area contributed by atoms with Crippen LogP contribution in [0.2, 0.25) is 0 Å². The number of nitrogens with one attached hydrogen (secondary N) is 2. The number of nitrogens with zero attached hydrogens (tertiary/aromatic N) is 1. The summed E-state index contributed by atoms with van der Waals surface area (Å²) < 4.78 is 0. The van der Waals surface area contributed by atoms with Gasteiger partial charge < -0.3 is 10.6 Å². The molecule has 1 aromatic rings. The maximum Gasteiger partial charge on any atom is 0.272 e. The van der Waals surface area contributed by atoms with E-state index in [9.17, 15) is 14.9 Å². The van der Waals surface area contributed by atoms with Gasteiger partial charge in [-0.05, 0) is 44.9 Å². The van der Waals surface area contributed by atoms with Crippen LogP contribution in [0.3, 0.4) is 0 Å². The molecule has 0 bridgehead atoms. The molecule has 1 saturated heterocycles. The Morgan fingerprint density at radius 3 is 2.74 bits per heavy atom. The van der Waals surface area contributed by atoms with E-state index in [1.807, 2.05) is 0 Å². The highest BCUT2D eigenvalue weighted by Gasteiger charge is 2.23. The monoisotopic (exact) mass is 263 g/mol. The van der Waals surface area contributed by atoms with Crippen LogP contribution in [0.15, 0.2) is 12.1 Å². The molecule has 0 saturated carbocycles. The van der Waals surface area contributed by atoms with Gasteiger partial charge in [-0.15, -0.1) is 0 Å². The molecule has 0 unspecified atom stereocenters. The molecule has 0 spiro atoms. The summed E-state index contributed by atoms with van der Waals surface area (Å²) in [4.78, 5) is 22.4. The minimum atomic E-state index is -0.410. The molecule has 0 aromatic heterocycles. The van der Waals surface area contributed by atoms with E-state index in [-0.39, 0.29) is 17.6 Å². The Hall–Kier alpha value is -1.95. The van der Waals surface area contributed by atoms with Crippen molar-refractivity contribution < 1.29 is 9.72 Å². The highest BCUT2D eigenvalue weighted by Crippen LogP contribution is 2.26. The molecule has 1 heterocycles. The molecule has 1 aromatic carbocycles. The molecular weight excluding hydrogens is 246 g/mol. The first-order valence-electron chi connectivity index (χ1n) is 6.29. The number of nitro benzene ring substituents is 1. The molecule has 1 amide bonds. The molecule has 2 N–H and O–H groups in total. The molecule has 1 fully saturated rings. The number of carbonyl (C=O) groups excluding carboxylic acids is 1. The van der Waals surface area contributed by atoms with Crippen molar-refractivity contribution in [1.82, 2.24) is 5.32 Å². The number of anilines is 1. The van der Waals surface area contributed by atoms with Gasteiger partial charge in [0.25, 0.3) is 5.69 Å². The third-order valence-corrected chi connectivity index (χ3v) is 3.37. The Balaban J connectivity index is 2.18. The first kappa shape index (κ1) is 13.5. The lowest BCUT2D eigenvalue weighted by Gasteiger charge is -2.13. The number of rotatable bonds is 3. The van der Waals surface area contributed by atoms with Crippen LogP contribution in [0.1, 0.15) is 24.0 Å². The fourth-order valence-corrected chi connectivity index (χ4v) is 2.26. The van der Waals surface area contributed by atoms with Gasteiger partial charge in [0.05, 0.1) is 11.0 Å². The lowest BCUT2D eigenvalue weighted by Crippen LogP contribution is -2.35. The number of aryl methyl sites for hydroxylation is 2. The normalized spacial score (nSPS) is 18.3. The van der Waals surface area contributed by atoms with Crippen molar-refractivity contribution in [2.24, 2.45) is 0 Å². The predicted octanol–water partition coefficient (Wildman–Crippen LogP) is 1.90. The average molecular weight is 263 g/mol. The average Bonchev–Trinajstić information content (AvgIpc) is 2.86. The van der Waals surface area contributed by atoms with Gasteiger partial charge in [-0.25, -0.2) is 0 Å². The standard InChI is InChI=1S/C13H17N3O3/c1-8-7-12(16(18)19)9(2)6-11(8)15-13(17)10-4-3-5-14-10/h6-7,10,14H,3-5H2,1-2H3,(H,15,17)/t10-/m0/s1. The molecule has 1 aliphatic rings. The van der Waals surface area contributed by atoms with Gasteiger partial charge in [-0.2, -0.15) is 0 Å². The van der Waals surface area contributed by atoms with Crippen molar-refractivity contribution in [3.63, 3.8) is 0 Å². The Kier molecular flexibility index (Phi) is 3.80. The molecule has 6 nitrogen and oxygen atoms in total. The number of benzene rings is 1. The van der Waals surface area contributed by atoms with Crippen LogP contribution in [0, 0.1) is 24.0 Å². The molecule has 1 atom stereocenters. The first-order valence-corrected chi connectivity index (χ1v) is 6.29. The summed E-state index contributed by atoms with van der Waals surface area (Å²) in [7, 11) is 0. The summed E-state index contributed by atoms with van der Waals surface area (Å²) in [5.74, 6) is -0.0751. The number of hydrogen-bond acceptors (Lipinski definition) is 4. The van der Waals surface area contributed by atoms with E-state index in [2.05, 4.69) is 10.6 Å². The maximum atomic E-state index is 12.0. The Morgan fingerprint density at radius 1 is 1.42 bits per heavy atom. The van der Waals surface area contributed by atoms with Gasteiger partial charge in [-0.1, -0.05) is 0 Å². The molecule has 19 heavy (non-hydrogen) atoms. The zero-order valence-electron chi connectivity index (χ0n) is 11.0. The van der Waals surface area contributed by atoms with Crippen LogP contribution in [0.25, 0.3) is 0 Å². The second-order valence-electron chi connectivity index (χ2n) is 4.85. The molecule has 1 aliphatic heterocycles. The van der Waals surface area contributed by atoms with E-state index < -0.39 is 4.92 Å². The number of amides is 1. The fourth-order valence-electron chi connectivity index (χ4n) is 2.26. The van der Waals surface area contributed by atoms with Crippen LogP contribution >= 0.6 is 0 Å². The third kappa shape index (κ3) is 2.90. The minimum Gasteiger partial charge on any atom is -0.324 e.